The Balaban J connectivity index is 1.79. The van der Waals surface area contributed by atoms with E-state index in [1.165, 1.54) is 24.3 Å². The first-order chi connectivity index (χ1) is 13.5. The average molecular weight is 429 g/mol. The molecule has 29 heavy (non-hydrogen) atoms. The van der Waals surface area contributed by atoms with Crippen LogP contribution >= 0.6 is 0 Å². The van der Waals surface area contributed by atoms with E-state index in [0.29, 0.717) is 5.69 Å². The molecule has 0 atom stereocenters. The number of carbonyl (C=O) groups excluding carboxylic acids is 2. The van der Waals surface area contributed by atoms with E-state index in [4.69, 9.17) is 0 Å². The van der Waals surface area contributed by atoms with Gasteiger partial charge in [0.15, 0.2) is 0 Å². The van der Waals surface area contributed by atoms with Crippen LogP contribution in [0.15, 0.2) is 48.5 Å². The summed E-state index contributed by atoms with van der Waals surface area (Å²) in [6.07, 6.45) is -3.47. The minimum Gasteiger partial charge on any atom is -0.350 e. The summed E-state index contributed by atoms with van der Waals surface area (Å²) in [5, 5.41) is 5.05. The van der Waals surface area contributed by atoms with Gasteiger partial charge in [-0.25, -0.2) is 8.42 Å². The van der Waals surface area contributed by atoms with E-state index >= 15 is 0 Å². The second-order valence-corrected chi connectivity index (χ2v) is 7.79. The second-order valence-electron chi connectivity index (χ2n) is 6.04. The van der Waals surface area contributed by atoms with Gasteiger partial charge < -0.3 is 10.6 Å². The monoisotopic (exact) mass is 429 g/mol. The number of sulfonamides is 1. The lowest BCUT2D eigenvalue weighted by molar-refractivity contribution is -0.137. The van der Waals surface area contributed by atoms with Crippen LogP contribution in [0.4, 0.5) is 18.9 Å². The molecule has 0 aromatic heterocycles. The third-order valence-electron chi connectivity index (χ3n) is 3.62. The van der Waals surface area contributed by atoms with Gasteiger partial charge in [0.25, 0.3) is 11.8 Å². The Morgan fingerprint density at radius 2 is 1.24 bits per heavy atom. The van der Waals surface area contributed by atoms with Gasteiger partial charge in [-0.05, 0) is 48.5 Å². The van der Waals surface area contributed by atoms with Crippen molar-refractivity contribution in [2.75, 3.05) is 24.1 Å². The normalized spacial score (nSPS) is 11.6. The number of hydrogen-bond acceptors (Lipinski definition) is 4. The summed E-state index contributed by atoms with van der Waals surface area (Å²) >= 11 is 0. The number of halogens is 3. The molecule has 0 spiro atoms. The van der Waals surface area contributed by atoms with Gasteiger partial charge >= 0.3 is 6.18 Å². The summed E-state index contributed by atoms with van der Waals surface area (Å²) in [6, 6.07) is 9.52. The Hall–Kier alpha value is -3.08. The second kappa shape index (κ2) is 8.95. The van der Waals surface area contributed by atoms with Gasteiger partial charge in [-0.3, -0.25) is 14.3 Å². The SMILES string of the molecule is CS(=O)(=O)Nc1ccc(C(=O)NCCNC(=O)c2ccc(C(F)(F)F)cc2)cc1. The van der Waals surface area contributed by atoms with E-state index in [1.54, 1.807) is 0 Å². The number of amides is 2. The molecule has 0 aliphatic heterocycles. The smallest absolute Gasteiger partial charge is 0.350 e. The zero-order valence-corrected chi connectivity index (χ0v) is 16.0. The minimum atomic E-state index is -4.47. The summed E-state index contributed by atoms with van der Waals surface area (Å²) in [4.78, 5) is 23.9. The minimum absolute atomic E-state index is 0.0679. The van der Waals surface area contributed by atoms with Crippen molar-refractivity contribution in [3.05, 3.63) is 65.2 Å². The number of anilines is 1. The van der Waals surface area contributed by atoms with E-state index in [0.717, 1.165) is 30.5 Å². The molecular weight excluding hydrogens is 411 g/mol. The fourth-order valence-corrected chi connectivity index (χ4v) is 2.83. The van der Waals surface area contributed by atoms with Gasteiger partial charge in [-0.2, -0.15) is 13.2 Å². The number of benzene rings is 2. The highest BCUT2D eigenvalue weighted by Gasteiger charge is 2.30. The lowest BCUT2D eigenvalue weighted by Gasteiger charge is -2.09. The third-order valence-corrected chi connectivity index (χ3v) is 4.23. The van der Waals surface area contributed by atoms with Gasteiger partial charge in [0.05, 0.1) is 11.8 Å². The molecule has 3 N–H and O–H groups in total. The van der Waals surface area contributed by atoms with Crippen LogP contribution in [-0.4, -0.2) is 39.6 Å². The lowest BCUT2D eigenvalue weighted by Crippen LogP contribution is -2.34. The van der Waals surface area contributed by atoms with Crippen molar-refractivity contribution in [1.82, 2.24) is 10.6 Å². The van der Waals surface area contributed by atoms with Crippen LogP contribution in [0.5, 0.6) is 0 Å². The summed E-state index contributed by atoms with van der Waals surface area (Å²) in [7, 11) is -3.42. The first kappa shape index (κ1) is 22.2. The number of alkyl halides is 3. The molecule has 0 radical (unpaired) electrons. The largest absolute Gasteiger partial charge is 0.416 e. The van der Waals surface area contributed by atoms with Crippen molar-refractivity contribution in [2.45, 2.75) is 6.18 Å². The molecule has 0 saturated heterocycles. The van der Waals surface area contributed by atoms with Crippen molar-refractivity contribution in [3.8, 4) is 0 Å². The Kier molecular flexibility index (Phi) is 6.85. The highest BCUT2D eigenvalue weighted by atomic mass is 32.2. The van der Waals surface area contributed by atoms with Crippen LogP contribution in [0.3, 0.4) is 0 Å². The molecule has 2 aromatic rings. The fourth-order valence-electron chi connectivity index (χ4n) is 2.27. The first-order valence-corrected chi connectivity index (χ1v) is 10.2. The number of carbonyl (C=O) groups is 2. The third kappa shape index (κ3) is 7.11. The van der Waals surface area contributed by atoms with Crippen LogP contribution in [-0.2, 0) is 16.2 Å². The van der Waals surface area contributed by atoms with Crippen LogP contribution in [0.1, 0.15) is 26.3 Å². The zero-order valence-electron chi connectivity index (χ0n) is 15.2. The summed E-state index contributed by atoms with van der Waals surface area (Å²) in [6.45, 7) is 0.161. The van der Waals surface area contributed by atoms with Crippen LogP contribution in [0, 0.1) is 0 Å². The predicted octanol–water partition coefficient (Wildman–Crippen LogP) is 2.24. The molecule has 0 aliphatic rings. The molecule has 0 fully saturated rings. The number of rotatable bonds is 7. The topological polar surface area (TPSA) is 104 Å². The Morgan fingerprint density at radius 3 is 1.62 bits per heavy atom. The Bertz CT molecular complexity index is 973. The molecular formula is C18H18F3N3O4S. The maximum absolute atomic E-state index is 12.5. The van der Waals surface area contributed by atoms with Crippen molar-refractivity contribution >= 4 is 27.5 Å². The number of hydrogen-bond donors (Lipinski definition) is 3. The molecule has 7 nitrogen and oxygen atoms in total. The molecule has 0 saturated carbocycles. The highest BCUT2D eigenvalue weighted by Crippen LogP contribution is 2.29. The predicted molar refractivity (Wildman–Crippen MR) is 101 cm³/mol. The molecule has 2 rings (SSSR count). The van der Waals surface area contributed by atoms with Crippen molar-refractivity contribution in [1.29, 1.82) is 0 Å². The molecule has 2 amide bonds. The standard InChI is InChI=1S/C18H18F3N3O4S/c1-29(27,28)24-15-8-4-13(5-9-15)17(26)23-11-10-22-16(25)12-2-6-14(7-3-12)18(19,20)21/h2-9,24H,10-11H2,1H3,(H,22,25)(H,23,26). The van der Waals surface area contributed by atoms with E-state index in [1.807, 2.05) is 0 Å². The molecule has 0 aliphatic carbocycles. The van der Waals surface area contributed by atoms with E-state index in [-0.39, 0.29) is 24.2 Å². The van der Waals surface area contributed by atoms with Gasteiger partial charge in [0, 0.05) is 29.9 Å². The first-order valence-electron chi connectivity index (χ1n) is 8.27. The summed E-state index contributed by atoms with van der Waals surface area (Å²) in [5.74, 6) is -0.996. The lowest BCUT2D eigenvalue weighted by atomic mass is 10.1. The van der Waals surface area contributed by atoms with Crippen molar-refractivity contribution < 1.29 is 31.2 Å². The molecule has 11 heteroatoms. The van der Waals surface area contributed by atoms with Crippen molar-refractivity contribution in [2.24, 2.45) is 0 Å². The Morgan fingerprint density at radius 1 is 0.828 bits per heavy atom. The average Bonchev–Trinajstić information content (AvgIpc) is 2.63. The summed E-state index contributed by atoms with van der Waals surface area (Å²) in [5.41, 5.74) is -0.177. The molecule has 156 valence electrons. The van der Waals surface area contributed by atoms with Gasteiger partial charge in [0.2, 0.25) is 10.0 Å². The van der Waals surface area contributed by atoms with E-state index in [9.17, 15) is 31.2 Å². The maximum Gasteiger partial charge on any atom is 0.416 e. The van der Waals surface area contributed by atoms with Crippen LogP contribution in [0.2, 0.25) is 0 Å². The number of nitrogens with one attached hydrogen (secondary N) is 3. The molecule has 2 aromatic carbocycles. The van der Waals surface area contributed by atoms with E-state index < -0.39 is 33.6 Å². The van der Waals surface area contributed by atoms with Crippen molar-refractivity contribution in [3.63, 3.8) is 0 Å². The molecule has 0 bridgehead atoms. The molecule has 0 heterocycles. The van der Waals surface area contributed by atoms with Gasteiger partial charge in [-0.1, -0.05) is 0 Å². The maximum atomic E-state index is 12.5. The van der Waals surface area contributed by atoms with Gasteiger partial charge in [-0.15, -0.1) is 0 Å². The molecule has 0 unspecified atom stereocenters. The summed E-state index contributed by atoms with van der Waals surface area (Å²) < 4.78 is 62.1. The zero-order chi connectivity index (χ0) is 21.7. The fraction of sp³-hybridized carbons (Fsp3) is 0.222. The van der Waals surface area contributed by atoms with Gasteiger partial charge in [0.1, 0.15) is 0 Å². The highest BCUT2D eigenvalue weighted by molar-refractivity contribution is 7.92. The van der Waals surface area contributed by atoms with E-state index in [2.05, 4.69) is 15.4 Å². The van der Waals surface area contributed by atoms with Crippen LogP contribution in [0.25, 0.3) is 0 Å². The Labute approximate surface area is 165 Å². The van der Waals surface area contributed by atoms with Crippen LogP contribution < -0.4 is 15.4 Å². The quantitative estimate of drug-likeness (QED) is 0.587.